The zero-order valence-electron chi connectivity index (χ0n) is 21.1. The average molecular weight is 478 g/mol. The molecule has 2 fully saturated rings. The van der Waals surface area contributed by atoms with E-state index in [-0.39, 0.29) is 23.8 Å². The second-order valence-corrected chi connectivity index (χ2v) is 10.4. The third-order valence-electron chi connectivity index (χ3n) is 8.25. The first-order valence-corrected chi connectivity index (χ1v) is 13.3. The van der Waals surface area contributed by atoms with Crippen molar-refractivity contribution in [3.05, 3.63) is 48.0 Å². The lowest BCUT2D eigenvalue weighted by molar-refractivity contribution is -0.130. The SMILES string of the molecule is COc1ccc(C2(C(C(=O)NC3CCCCC3)C3CCCCC3)Nc3ccccc3N2)c(OC)c1. The summed E-state index contributed by atoms with van der Waals surface area (Å²) >= 11 is 0. The van der Waals surface area contributed by atoms with Crippen LogP contribution in [0.5, 0.6) is 11.5 Å². The Hall–Kier alpha value is -2.89. The molecule has 188 valence electrons. The van der Waals surface area contributed by atoms with Crippen LogP contribution in [0.2, 0.25) is 0 Å². The van der Waals surface area contributed by atoms with Gasteiger partial charge in [0.1, 0.15) is 11.5 Å². The molecular formula is C29H39N3O3. The van der Waals surface area contributed by atoms with Crippen LogP contribution in [-0.4, -0.2) is 26.2 Å². The predicted octanol–water partition coefficient (Wildman–Crippen LogP) is 6.04. The average Bonchev–Trinajstić information content (AvgIpc) is 3.29. The van der Waals surface area contributed by atoms with Crippen molar-refractivity contribution < 1.29 is 14.3 Å². The molecule has 3 N–H and O–H groups in total. The molecule has 0 spiro atoms. The summed E-state index contributed by atoms with van der Waals surface area (Å²) in [6.07, 6.45) is 11.5. The van der Waals surface area contributed by atoms with E-state index in [1.54, 1.807) is 14.2 Å². The molecule has 1 aliphatic heterocycles. The van der Waals surface area contributed by atoms with Gasteiger partial charge < -0.3 is 25.4 Å². The van der Waals surface area contributed by atoms with Gasteiger partial charge in [-0.05, 0) is 55.9 Å². The number of fused-ring (bicyclic) bond motifs is 1. The molecule has 2 aliphatic carbocycles. The molecule has 3 aliphatic rings. The molecule has 6 heteroatoms. The van der Waals surface area contributed by atoms with E-state index >= 15 is 0 Å². The Bertz CT molecular complexity index is 1000. The van der Waals surface area contributed by atoms with E-state index < -0.39 is 5.66 Å². The second-order valence-electron chi connectivity index (χ2n) is 10.4. The quantitative estimate of drug-likeness (QED) is 0.453. The summed E-state index contributed by atoms with van der Waals surface area (Å²) in [6, 6.07) is 14.4. The summed E-state index contributed by atoms with van der Waals surface area (Å²) in [5, 5.41) is 11.1. The Labute approximate surface area is 209 Å². The second kappa shape index (κ2) is 10.4. The first kappa shape index (κ1) is 23.8. The summed E-state index contributed by atoms with van der Waals surface area (Å²) < 4.78 is 11.4. The number of nitrogens with one attached hydrogen (secondary N) is 3. The van der Waals surface area contributed by atoms with Gasteiger partial charge in [0.25, 0.3) is 0 Å². The standard InChI is InChI=1S/C29H39N3O3/c1-34-22-17-18-23(26(19-22)35-2)29(31-24-15-9-10-16-25(24)32-29)27(20-11-5-3-6-12-20)28(33)30-21-13-7-4-8-14-21/h9-10,15-21,27,31-32H,3-8,11-14H2,1-2H3,(H,30,33). The zero-order chi connectivity index (χ0) is 24.3. The van der Waals surface area contributed by atoms with E-state index in [1.807, 2.05) is 30.3 Å². The van der Waals surface area contributed by atoms with Crippen LogP contribution in [0.4, 0.5) is 11.4 Å². The van der Waals surface area contributed by atoms with Crippen LogP contribution in [0.1, 0.15) is 69.8 Å². The maximum absolute atomic E-state index is 14.3. The summed E-state index contributed by atoms with van der Waals surface area (Å²) in [5.74, 6) is 1.57. The smallest absolute Gasteiger partial charge is 0.228 e. The predicted molar refractivity (Wildman–Crippen MR) is 140 cm³/mol. The van der Waals surface area contributed by atoms with E-state index in [4.69, 9.17) is 9.47 Å². The number of hydrogen-bond donors (Lipinski definition) is 3. The molecule has 1 atom stereocenters. The molecule has 1 amide bonds. The van der Waals surface area contributed by atoms with E-state index in [0.29, 0.717) is 5.75 Å². The van der Waals surface area contributed by atoms with Gasteiger partial charge in [-0.2, -0.15) is 0 Å². The molecule has 0 radical (unpaired) electrons. The fourth-order valence-corrected chi connectivity index (χ4v) is 6.51. The highest BCUT2D eigenvalue weighted by molar-refractivity contribution is 5.87. The van der Waals surface area contributed by atoms with Gasteiger partial charge >= 0.3 is 0 Å². The van der Waals surface area contributed by atoms with Gasteiger partial charge in [0.15, 0.2) is 5.66 Å². The van der Waals surface area contributed by atoms with E-state index in [9.17, 15) is 4.79 Å². The highest BCUT2D eigenvalue weighted by Crippen LogP contribution is 2.51. The Morgan fingerprint density at radius 2 is 1.51 bits per heavy atom. The third-order valence-corrected chi connectivity index (χ3v) is 8.25. The first-order chi connectivity index (χ1) is 17.1. The first-order valence-electron chi connectivity index (χ1n) is 13.3. The topological polar surface area (TPSA) is 71.6 Å². The number of benzene rings is 2. The van der Waals surface area contributed by atoms with Crippen molar-refractivity contribution >= 4 is 17.3 Å². The van der Waals surface area contributed by atoms with Crippen LogP contribution in [0.15, 0.2) is 42.5 Å². The number of para-hydroxylation sites is 2. The minimum absolute atomic E-state index is 0.148. The van der Waals surface area contributed by atoms with Crippen molar-refractivity contribution in [3.63, 3.8) is 0 Å². The van der Waals surface area contributed by atoms with Gasteiger partial charge in [-0.3, -0.25) is 4.79 Å². The molecule has 1 unspecified atom stereocenters. The van der Waals surface area contributed by atoms with Gasteiger partial charge in [-0.1, -0.05) is 50.7 Å². The van der Waals surface area contributed by atoms with E-state index in [1.165, 1.54) is 38.5 Å². The molecule has 6 nitrogen and oxygen atoms in total. The minimum atomic E-state index is -0.817. The molecule has 5 rings (SSSR count). The zero-order valence-corrected chi connectivity index (χ0v) is 21.1. The number of hydrogen-bond acceptors (Lipinski definition) is 5. The van der Waals surface area contributed by atoms with Crippen molar-refractivity contribution in [2.45, 2.75) is 75.9 Å². The van der Waals surface area contributed by atoms with Crippen molar-refractivity contribution in [1.82, 2.24) is 5.32 Å². The third kappa shape index (κ3) is 4.67. The number of carbonyl (C=O) groups is 1. The number of ether oxygens (including phenoxy) is 2. The maximum atomic E-state index is 14.3. The van der Waals surface area contributed by atoms with Crippen LogP contribution >= 0.6 is 0 Å². The van der Waals surface area contributed by atoms with Gasteiger partial charge in [0.05, 0.1) is 31.5 Å². The highest BCUT2D eigenvalue weighted by Gasteiger charge is 2.53. The number of anilines is 2. The summed E-state index contributed by atoms with van der Waals surface area (Å²) in [6.45, 7) is 0. The van der Waals surface area contributed by atoms with Crippen molar-refractivity contribution in [2.24, 2.45) is 11.8 Å². The summed E-state index contributed by atoms with van der Waals surface area (Å²) in [7, 11) is 3.35. The summed E-state index contributed by atoms with van der Waals surface area (Å²) in [5.41, 5.74) is 2.14. The van der Waals surface area contributed by atoms with Crippen LogP contribution in [0.25, 0.3) is 0 Å². The lowest BCUT2D eigenvalue weighted by Crippen LogP contribution is -2.57. The van der Waals surface area contributed by atoms with Crippen LogP contribution in [0.3, 0.4) is 0 Å². The fraction of sp³-hybridized carbons (Fsp3) is 0.552. The molecule has 2 aromatic rings. The Balaban J connectivity index is 1.61. The normalized spacial score (nSPS) is 20.7. The van der Waals surface area contributed by atoms with Gasteiger partial charge in [0.2, 0.25) is 5.91 Å². The number of methoxy groups -OCH3 is 2. The lowest BCUT2D eigenvalue weighted by atomic mass is 9.70. The van der Waals surface area contributed by atoms with Crippen LogP contribution in [0, 0.1) is 11.8 Å². The molecule has 35 heavy (non-hydrogen) atoms. The number of carbonyl (C=O) groups excluding carboxylic acids is 1. The lowest BCUT2D eigenvalue weighted by Gasteiger charge is -2.44. The van der Waals surface area contributed by atoms with E-state index in [0.717, 1.165) is 48.4 Å². The van der Waals surface area contributed by atoms with Crippen LogP contribution < -0.4 is 25.4 Å². The van der Waals surface area contributed by atoms with Crippen molar-refractivity contribution in [3.8, 4) is 11.5 Å². The molecular weight excluding hydrogens is 438 g/mol. The monoisotopic (exact) mass is 477 g/mol. The van der Waals surface area contributed by atoms with E-state index in [2.05, 4.69) is 28.1 Å². The largest absolute Gasteiger partial charge is 0.497 e. The minimum Gasteiger partial charge on any atom is -0.497 e. The Kier molecular flexibility index (Phi) is 7.07. The fourth-order valence-electron chi connectivity index (χ4n) is 6.51. The van der Waals surface area contributed by atoms with Gasteiger partial charge in [0, 0.05) is 17.7 Å². The van der Waals surface area contributed by atoms with Gasteiger partial charge in [-0.15, -0.1) is 0 Å². The summed E-state index contributed by atoms with van der Waals surface area (Å²) in [4.78, 5) is 14.3. The van der Waals surface area contributed by atoms with Crippen molar-refractivity contribution in [1.29, 1.82) is 0 Å². The molecule has 0 saturated heterocycles. The molecule has 2 aromatic carbocycles. The number of amides is 1. The molecule has 0 aromatic heterocycles. The Morgan fingerprint density at radius 3 is 2.11 bits per heavy atom. The van der Waals surface area contributed by atoms with Crippen molar-refractivity contribution in [2.75, 3.05) is 24.9 Å². The molecule has 2 saturated carbocycles. The number of rotatable bonds is 7. The van der Waals surface area contributed by atoms with Gasteiger partial charge in [-0.25, -0.2) is 0 Å². The van der Waals surface area contributed by atoms with Crippen LogP contribution in [-0.2, 0) is 10.5 Å². The Morgan fingerprint density at radius 1 is 0.886 bits per heavy atom. The highest BCUT2D eigenvalue weighted by atomic mass is 16.5. The molecule has 0 bridgehead atoms. The maximum Gasteiger partial charge on any atom is 0.228 e. The molecule has 1 heterocycles.